The van der Waals surface area contributed by atoms with Gasteiger partial charge >= 0.3 is 0 Å². The Bertz CT molecular complexity index is 878. The number of imide groups is 1. The molecule has 2 aromatic carbocycles. The molecule has 0 fully saturated rings. The molecule has 2 amide bonds. The second-order valence-electron chi connectivity index (χ2n) is 5.78. The van der Waals surface area contributed by atoms with Gasteiger partial charge < -0.3 is 0 Å². The minimum atomic E-state index is -0.386. The molecule has 0 N–H and O–H groups in total. The lowest BCUT2D eigenvalue weighted by atomic mass is 10.1. The Hall–Kier alpha value is -1.75. The van der Waals surface area contributed by atoms with E-state index in [0.29, 0.717) is 31.8 Å². The number of carbonyl (C=O) groups excluding carboxylic acids is 2. The molecule has 0 bridgehead atoms. The zero-order valence-electron chi connectivity index (χ0n) is 13.6. The highest BCUT2D eigenvalue weighted by atomic mass is 35.5. The first-order valence-corrected chi connectivity index (χ1v) is 9.34. The van der Waals surface area contributed by atoms with Crippen molar-refractivity contribution in [3.63, 3.8) is 0 Å². The average molecular weight is 392 g/mol. The Morgan fingerprint density at radius 3 is 2.28 bits per heavy atom. The van der Waals surface area contributed by atoms with E-state index in [4.69, 9.17) is 23.2 Å². The summed E-state index contributed by atoms with van der Waals surface area (Å²) in [6.07, 6.45) is 0. The second-order valence-corrected chi connectivity index (χ2v) is 8.21. The summed E-state index contributed by atoms with van der Waals surface area (Å²) < 4.78 is 0. The van der Waals surface area contributed by atoms with Gasteiger partial charge in [-0.25, -0.2) is 4.90 Å². The van der Waals surface area contributed by atoms with E-state index in [1.807, 2.05) is 44.2 Å². The molecule has 0 saturated carbocycles. The van der Waals surface area contributed by atoms with Gasteiger partial charge in [-0.1, -0.05) is 67.4 Å². The van der Waals surface area contributed by atoms with Crippen molar-refractivity contribution in [2.45, 2.75) is 19.1 Å². The maximum atomic E-state index is 13.1. The molecule has 3 nitrogen and oxygen atoms in total. The molecule has 1 heterocycles. The highest BCUT2D eigenvalue weighted by molar-refractivity contribution is 8.04. The van der Waals surface area contributed by atoms with Crippen molar-refractivity contribution in [3.05, 3.63) is 69.0 Å². The number of hydrogen-bond acceptors (Lipinski definition) is 3. The predicted molar refractivity (Wildman–Crippen MR) is 105 cm³/mol. The van der Waals surface area contributed by atoms with Crippen LogP contribution in [-0.2, 0) is 9.59 Å². The van der Waals surface area contributed by atoms with Gasteiger partial charge in [-0.15, -0.1) is 11.8 Å². The molecule has 1 aliphatic heterocycles. The van der Waals surface area contributed by atoms with Gasteiger partial charge in [-0.2, -0.15) is 0 Å². The van der Waals surface area contributed by atoms with E-state index < -0.39 is 0 Å². The Kier molecular flexibility index (Phi) is 5.23. The van der Waals surface area contributed by atoms with Gasteiger partial charge in [0.25, 0.3) is 11.8 Å². The van der Waals surface area contributed by atoms with E-state index in [-0.39, 0.29) is 17.1 Å². The van der Waals surface area contributed by atoms with Crippen LogP contribution in [0.3, 0.4) is 0 Å². The van der Waals surface area contributed by atoms with E-state index >= 15 is 0 Å². The van der Waals surface area contributed by atoms with Gasteiger partial charge in [0.2, 0.25) is 0 Å². The molecule has 2 aromatic rings. The van der Waals surface area contributed by atoms with Crippen molar-refractivity contribution in [1.29, 1.82) is 0 Å². The number of amides is 2. The van der Waals surface area contributed by atoms with Crippen molar-refractivity contribution in [1.82, 2.24) is 0 Å². The van der Waals surface area contributed by atoms with E-state index in [1.165, 1.54) is 17.8 Å². The van der Waals surface area contributed by atoms with Gasteiger partial charge in [0.15, 0.2) is 0 Å². The Balaban J connectivity index is 2.14. The van der Waals surface area contributed by atoms with Crippen molar-refractivity contribution >= 4 is 58.0 Å². The van der Waals surface area contributed by atoms with Crippen LogP contribution in [0.4, 0.5) is 5.69 Å². The molecule has 25 heavy (non-hydrogen) atoms. The molecule has 3 rings (SSSR count). The quantitative estimate of drug-likeness (QED) is 0.652. The van der Waals surface area contributed by atoms with E-state index in [1.54, 1.807) is 12.1 Å². The first kappa shape index (κ1) is 18.1. The van der Waals surface area contributed by atoms with E-state index in [2.05, 4.69) is 0 Å². The molecule has 128 valence electrons. The van der Waals surface area contributed by atoms with E-state index in [0.717, 1.165) is 4.90 Å². The topological polar surface area (TPSA) is 37.4 Å². The zero-order valence-corrected chi connectivity index (χ0v) is 16.0. The maximum absolute atomic E-state index is 13.1. The monoisotopic (exact) mass is 391 g/mol. The third-order valence-electron chi connectivity index (χ3n) is 3.61. The minimum absolute atomic E-state index is 0.153. The average Bonchev–Trinajstić information content (AvgIpc) is 2.81. The van der Waals surface area contributed by atoms with Crippen LogP contribution < -0.4 is 4.90 Å². The maximum Gasteiger partial charge on any atom is 0.272 e. The number of carbonyl (C=O) groups is 2. The summed E-state index contributed by atoms with van der Waals surface area (Å²) in [5.41, 5.74) is 1.42. The molecule has 0 aliphatic carbocycles. The number of rotatable bonds is 4. The van der Waals surface area contributed by atoms with Crippen LogP contribution in [-0.4, -0.2) is 17.1 Å². The summed E-state index contributed by atoms with van der Waals surface area (Å²) in [6.45, 7) is 3.96. The lowest BCUT2D eigenvalue weighted by molar-refractivity contribution is -0.119. The molecule has 0 unspecified atom stereocenters. The number of hydrogen-bond donors (Lipinski definition) is 0. The number of nitrogens with zero attached hydrogens (tertiary/aromatic N) is 1. The van der Waals surface area contributed by atoms with Crippen molar-refractivity contribution in [2.24, 2.45) is 0 Å². The van der Waals surface area contributed by atoms with Crippen molar-refractivity contribution in [3.8, 4) is 0 Å². The number of halogens is 2. The molecule has 0 aromatic heterocycles. The SMILES string of the molecule is CC(C)SC1=C(c2ccccc2)C(=O)N(c2cc(Cl)ccc2Cl)C1=O. The molecule has 0 radical (unpaired) electrons. The smallest absolute Gasteiger partial charge is 0.268 e. The summed E-state index contributed by atoms with van der Waals surface area (Å²) in [5.74, 6) is -0.754. The van der Waals surface area contributed by atoms with Crippen molar-refractivity contribution < 1.29 is 9.59 Å². The zero-order chi connectivity index (χ0) is 18.1. The van der Waals surface area contributed by atoms with Crippen LogP contribution in [0.1, 0.15) is 19.4 Å². The largest absolute Gasteiger partial charge is 0.272 e. The first-order valence-electron chi connectivity index (χ1n) is 7.70. The lowest BCUT2D eigenvalue weighted by Crippen LogP contribution is -2.31. The highest BCUT2D eigenvalue weighted by Crippen LogP contribution is 2.42. The molecule has 0 spiro atoms. The van der Waals surface area contributed by atoms with Crippen LogP contribution in [0, 0.1) is 0 Å². The molecule has 0 saturated heterocycles. The minimum Gasteiger partial charge on any atom is -0.268 e. The van der Waals surface area contributed by atoms with Crippen LogP contribution in [0.25, 0.3) is 5.57 Å². The van der Waals surface area contributed by atoms with Gasteiger partial charge in [0, 0.05) is 10.3 Å². The highest BCUT2D eigenvalue weighted by Gasteiger charge is 2.41. The molecule has 6 heteroatoms. The third-order valence-corrected chi connectivity index (χ3v) is 5.25. The van der Waals surface area contributed by atoms with Crippen LogP contribution >= 0.6 is 35.0 Å². The summed E-state index contributed by atoms with van der Waals surface area (Å²) in [6, 6.07) is 13.9. The molecular formula is C19H15Cl2NO2S. The van der Waals surface area contributed by atoms with Crippen LogP contribution in [0.2, 0.25) is 10.0 Å². The molecular weight excluding hydrogens is 377 g/mol. The number of thioether (sulfide) groups is 1. The Morgan fingerprint density at radius 2 is 1.64 bits per heavy atom. The second kappa shape index (κ2) is 7.24. The van der Waals surface area contributed by atoms with Gasteiger partial charge in [0.1, 0.15) is 0 Å². The first-order chi connectivity index (χ1) is 11.9. The lowest BCUT2D eigenvalue weighted by Gasteiger charge is -2.17. The van der Waals surface area contributed by atoms with Crippen LogP contribution in [0.5, 0.6) is 0 Å². The van der Waals surface area contributed by atoms with Crippen molar-refractivity contribution in [2.75, 3.05) is 4.90 Å². The fourth-order valence-corrected chi connectivity index (χ4v) is 3.94. The fraction of sp³-hybridized carbons (Fsp3) is 0.158. The standard InChI is InChI=1S/C19H15Cl2NO2S/c1-11(2)25-17-16(12-6-4-3-5-7-12)18(23)22(19(17)24)15-10-13(20)8-9-14(15)21/h3-11H,1-2H3. The van der Waals surface area contributed by atoms with E-state index in [9.17, 15) is 9.59 Å². The van der Waals surface area contributed by atoms with Gasteiger partial charge in [-0.3, -0.25) is 9.59 Å². The summed E-state index contributed by atoms with van der Waals surface area (Å²) >= 11 is 13.6. The third kappa shape index (κ3) is 3.47. The number of benzene rings is 2. The summed E-state index contributed by atoms with van der Waals surface area (Å²) in [5, 5.41) is 0.862. The van der Waals surface area contributed by atoms with Crippen LogP contribution in [0.15, 0.2) is 53.4 Å². The molecule has 1 aliphatic rings. The summed E-state index contributed by atoms with van der Waals surface area (Å²) in [4.78, 5) is 27.7. The normalized spacial score (nSPS) is 14.8. The molecule has 0 atom stereocenters. The summed E-state index contributed by atoms with van der Waals surface area (Å²) in [7, 11) is 0. The van der Waals surface area contributed by atoms with Gasteiger partial charge in [-0.05, 0) is 23.8 Å². The number of anilines is 1. The Labute approximate surface area is 160 Å². The van der Waals surface area contributed by atoms with Gasteiger partial charge in [0.05, 0.1) is 21.2 Å². The predicted octanol–water partition coefficient (Wildman–Crippen LogP) is 5.42. The Morgan fingerprint density at radius 1 is 0.960 bits per heavy atom. The fourth-order valence-electron chi connectivity index (χ4n) is 2.59.